The lowest BCUT2D eigenvalue weighted by Gasteiger charge is -2.26. The molecule has 0 aliphatic carbocycles. The van der Waals surface area contributed by atoms with E-state index in [0.717, 1.165) is 17.6 Å². The maximum absolute atomic E-state index is 5.86. The molecule has 2 rings (SSSR count). The molecule has 0 aliphatic heterocycles. The van der Waals surface area contributed by atoms with Crippen LogP contribution in [0.2, 0.25) is 0 Å². The Morgan fingerprint density at radius 3 is 2.47 bits per heavy atom. The fourth-order valence-electron chi connectivity index (χ4n) is 2.20. The molecule has 0 radical (unpaired) electrons. The molecule has 0 unspecified atom stereocenters. The van der Waals surface area contributed by atoms with Crippen LogP contribution >= 0.6 is 15.9 Å². The van der Waals surface area contributed by atoms with Crippen molar-refractivity contribution >= 4 is 21.6 Å². The maximum Gasteiger partial charge on any atom is 0.0429 e. The first-order valence-corrected chi connectivity index (χ1v) is 7.31. The number of anilines is 1. The Kier molecular flexibility index (Phi) is 5.00. The monoisotopic (exact) mass is 318 g/mol. The van der Waals surface area contributed by atoms with Crippen molar-refractivity contribution in [2.75, 3.05) is 11.4 Å². The number of rotatable bonds is 5. The van der Waals surface area contributed by atoms with Gasteiger partial charge < -0.3 is 10.6 Å². The molecule has 0 heterocycles. The zero-order chi connectivity index (χ0) is 13.7. The van der Waals surface area contributed by atoms with Crippen molar-refractivity contribution in [2.45, 2.75) is 20.0 Å². The normalized spacial score (nSPS) is 10.5. The van der Waals surface area contributed by atoms with Crippen LogP contribution in [0.1, 0.15) is 18.1 Å². The average Bonchev–Trinajstić information content (AvgIpc) is 2.46. The third-order valence-electron chi connectivity index (χ3n) is 3.20. The molecule has 100 valence electrons. The summed E-state index contributed by atoms with van der Waals surface area (Å²) in [6.45, 7) is 4.60. The summed E-state index contributed by atoms with van der Waals surface area (Å²) in [5.74, 6) is 0. The fourth-order valence-corrected chi connectivity index (χ4v) is 2.61. The number of halogens is 1. The number of nitrogens with zero attached hydrogens (tertiary/aromatic N) is 1. The lowest BCUT2D eigenvalue weighted by Crippen LogP contribution is -2.23. The van der Waals surface area contributed by atoms with Crippen LogP contribution < -0.4 is 10.6 Å². The van der Waals surface area contributed by atoms with Gasteiger partial charge in [-0.15, -0.1) is 0 Å². The maximum atomic E-state index is 5.86. The van der Waals surface area contributed by atoms with Crippen molar-refractivity contribution in [1.82, 2.24) is 0 Å². The van der Waals surface area contributed by atoms with Crippen LogP contribution in [0.5, 0.6) is 0 Å². The predicted octanol–water partition coefficient (Wildman–Crippen LogP) is 3.93. The van der Waals surface area contributed by atoms with E-state index in [0.29, 0.717) is 6.54 Å². The predicted molar refractivity (Wildman–Crippen MR) is 85.2 cm³/mol. The van der Waals surface area contributed by atoms with Crippen LogP contribution in [0, 0.1) is 0 Å². The highest BCUT2D eigenvalue weighted by atomic mass is 79.9. The van der Waals surface area contributed by atoms with Crippen LogP contribution in [-0.4, -0.2) is 6.54 Å². The van der Waals surface area contributed by atoms with Gasteiger partial charge in [-0.1, -0.05) is 46.3 Å². The second-order valence-corrected chi connectivity index (χ2v) is 5.39. The molecule has 19 heavy (non-hydrogen) atoms. The summed E-state index contributed by atoms with van der Waals surface area (Å²) in [5, 5.41) is 0. The molecule has 2 aromatic rings. The first-order valence-electron chi connectivity index (χ1n) is 6.52. The number of hydrogen-bond acceptors (Lipinski definition) is 2. The number of hydrogen-bond donors (Lipinski definition) is 1. The Morgan fingerprint density at radius 2 is 1.84 bits per heavy atom. The number of benzene rings is 2. The molecule has 0 aliphatic rings. The molecule has 0 saturated carbocycles. The summed E-state index contributed by atoms with van der Waals surface area (Å²) in [6, 6.07) is 16.8. The highest BCUT2D eigenvalue weighted by Gasteiger charge is 2.10. The van der Waals surface area contributed by atoms with Crippen molar-refractivity contribution in [3.8, 4) is 0 Å². The van der Waals surface area contributed by atoms with E-state index in [2.05, 4.69) is 70.2 Å². The van der Waals surface area contributed by atoms with Gasteiger partial charge in [0.1, 0.15) is 0 Å². The second-order valence-electron chi connectivity index (χ2n) is 4.48. The molecule has 0 atom stereocenters. The standard InChI is InChI=1S/C16H19BrN2/c1-2-19(12-13-6-4-3-5-7-13)16-9-8-15(17)10-14(16)11-18/h3-10H,2,11-12,18H2,1H3. The van der Waals surface area contributed by atoms with Crippen LogP contribution in [-0.2, 0) is 13.1 Å². The Morgan fingerprint density at radius 1 is 1.11 bits per heavy atom. The van der Waals surface area contributed by atoms with E-state index in [1.54, 1.807) is 0 Å². The molecular formula is C16H19BrN2. The summed E-state index contributed by atoms with van der Waals surface area (Å²) in [7, 11) is 0. The molecule has 0 saturated heterocycles. The topological polar surface area (TPSA) is 29.3 Å². The van der Waals surface area contributed by atoms with Crippen molar-refractivity contribution in [3.63, 3.8) is 0 Å². The third-order valence-corrected chi connectivity index (χ3v) is 3.69. The Balaban J connectivity index is 2.27. The van der Waals surface area contributed by atoms with Gasteiger partial charge in [0.05, 0.1) is 0 Å². The molecule has 0 bridgehead atoms. The largest absolute Gasteiger partial charge is 0.367 e. The zero-order valence-electron chi connectivity index (χ0n) is 11.1. The minimum atomic E-state index is 0.556. The van der Waals surface area contributed by atoms with Gasteiger partial charge in [0.25, 0.3) is 0 Å². The highest BCUT2D eigenvalue weighted by Crippen LogP contribution is 2.25. The summed E-state index contributed by atoms with van der Waals surface area (Å²) >= 11 is 3.50. The van der Waals surface area contributed by atoms with Gasteiger partial charge in [0, 0.05) is 29.8 Å². The first kappa shape index (κ1) is 14.1. The first-order chi connectivity index (χ1) is 9.24. The molecule has 2 N–H and O–H groups in total. The second kappa shape index (κ2) is 6.73. The third kappa shape index (κ3) is 3.58. The van der Waals surface area contributed by atoms with Crippen LogP contribution in [0.15, 0.2) is 53.0 Å². The quantitative estimate of drug-likeness (QED) is 0.904. The Bertz CT molecular complexity index is 526. The molecule has 2 aromatic carbocycles. The lowest BCUT2D eigenvalue weighted by atomic mass is 10.1. The Hall–Kier alpha value is -1.32. The van der Waals surface area contributed by atoms with E-state index in [4.69, 9.17) is 5.73 Å². The zero-order valence-corrected chi connectivity index (χ0v) is 12.7. The van der Waals surface area contributed by atoms with Crippen molar-refractivity contribution < 1.29 is 0 Å². The van der Waals surface area contributed by atoms with Gasteiger partial charge >= 0.3 is 0 Å². The van der Waals surface area contributed by atoms with Crippen LogP contribution in [0.25, 0.3) is 0 Å². The highest BCUT2D eigenvalue weighted by molar-refractivity contribution is 9.10. The fraction of sp³-hybridized carbons (Fsp3) is 0.250. The Labute approximate surface area is 123 Å². The van der Waals surface area contributed by atoms with Crippen molar-refractivity contribution in [1.29, 1.82) is 0 Å². The molecular weight excluding hydrogens is 300 g/mol. The number of nitrogens with two attached hydrogens (primary N) is 1. The average molecular weight is 319 g/mol. The summed E-state index contributed by atoms with van der Waals surface area (Å²) in [6.07, 6.45) is 0. The molecule has 3 heteroatoms. The van der Waals surface area contributed by atoms with E-state index in [9.17, 15) is 0 Å². The lowest BCUT2D eigenvalue weighted by molar-refractivity contribution is 0.821. The SMILES string of the molecule is CCN(Cc1ccccc1)c1ccc(Br)cc1CN. The van der Waals surface area contributed by atoms with E-state index in [1.165, 1.54) is 16.8 Å². The molecule has 2 nitrogen and oxygen atoms in total. The van der Waals surface area contributed by atoms with E-state index in [1.807, 2.05) is 6.07 Å². The van der Waals surface area contributed by atoms with Gasteiger partial charge in [0.2, 0.25) is 0 Å². The summed E-state index contributed by atoms with van der Waals surface area (Å²) in [5.41, 5.74) is 9.57. The minimum absolute atomic E-state index is 0.556. The molecule has 0 spiro atoms. The van der Waals surface area contributed by atoms with Crippen LogP contribution in [0.3, 0.4) is 0 Å². The molecule has 0 amide bonds. The smallest absolute Gasteiger partial charge is 0.0429 e. The van der Waals surface area contributed by atoms with E-state index in [-0.39, 0.29) is 0 Å². The van der Waals surface area contributed by atoms with Crippen LogP contribution in [0.4, 0.5) is 5.69 Å². The minimum Gasteiger partial charge on any atom is -0.367 e. The van der Waals surface area contributed by atoms with Gasteiger partial charge in [-0.2, -0.15) is 0 Å². The van der Waals surface area contributed by atoms with Gasteiger partial charge in [-0.05, 0) is 36.2 Å². The molecule has 0 aromatic heterocycles. The van der Waals surface area contributed by atoms with Gasteiger partial charge in [-0.3, -0.25) is 0 Å². The molecule has 0 fully saturated rings. The summed E-state index contributed by atoms with van der Waals surface area (Å²) < 4.78 is 1.08. The van der Waals surface area contributed by atoms with E-state index >= 15 is 0 Å². The van der Waals surface area contributed by atoms with Gasteiger partial charge in [-0.25, -0.2) is 0 Å². The summed E-state index contributed by atoms with van der Waals surface area (Å²) in [4.78, 5) is 2.35. The van der Waals surface area contributed by atoms with E-state index < -0.39 is 0 Å². The van der Waals surface area contributed by atoms with Crippen molar-refractivity contribution in [2.24, 2.45) is 5.73 Å². The van der Waals surface area contributed by atoms with Crippen molar-refractivity contribution in [3.05, 3.63) is 64.1 Å². The van der Waals surface area contributed by atoms with Gasteiger partial charge in [0.15, 0.2) is 0 Å².